The van der Waals surface area contributed by atoms with Gasteiger partial charge in [-0.3, -0.25) is 38.4 Å². The zero-order valence-electron chi connectivity index (χ0n) is 44.4. The van der Waals surface area contributed by atoms with Gasteiger partial charge in [-0.25, -0.2) is 4.79 Å². The van der Waals surface area contributed by atoms with Crippen LogP contribution in [0.1, 0.15) is 73.8 Å². The molecule has 14 atom stereocenters. The maximum Gasteiger partial charge on any atom is 0.366 e. The van der Waals surface area contributed by atoms with Crippen molar-refractivity contribution >= 4 is 53.7 Å². The SMILES string of the molecule is COC(=O)[C@@]1(O[C@H]2[C@@H](OC(C)=O)[C@@H](COC(C)=O)O[C@@H](O[C@@H]3CCO[C@H](COCc4ccc(-c5ccccc5)cc4)[C@@H]3OC(C)=O)[C@@H]2OC(C)=O)C[C@H](OC(C)=O)[C@@H](NC(C)=O)[C@H]([C@H](OC(C)=O)[C@@H](CN=[N+]=[N-])OC(C)=O)O1. The van der Waals surface area contributed by atoms with E-state index in [1.807, 2.05) is 54.6 Å². The van der Waals surface area contributed by atoms with Crippen molar-refractivity contribution in [1.82, 2.24) is 5.32 Å². The number of esters is 8. The van der Waals surface area contributed by atoms with Crippen LogP contribution in [0.5, 0.6) is 0 Å². The van der Waals surface area contributed by atoms with E-state index < -0.39 is 158 Å². The van der Waals surface area contributed by atoms with Crippen molar-refractivity contribution in [3.05, 3.63) is 70.6 Å². The first-order valence-corrected chi connectivity index (χ1v) is 24.6. The molecule has 426 valence electrons. The van der Waals surface area contributed by atoms with Crippen LogP contribution in [0.2, 0.25) is 0 Å². The van der Waals surface area contributed by atoms with Crippen LogP contribution in [0.15, 0.2) is 59.7 Å². The third-order valence-electron chi connectivity index (χ3n) is 12.0. The Morgan fingerprint density at radius 3 is 1.90 bits per heavy atom. The number of methoxy groups -OCH3 is 1. The van der Waals surface area contributed by atoms with Crippen molar-refractivity contribution in [2.75, 3.05) is 33.5 Å². The van der Waals surface area contributed by atoms with Gasteiger partial charge in [0.15, 0.2) is 30.7 Å². The molecule has 3 saturated heterocycles. The van der Waals surface area contributed by atoms with Crippen LogP contribution in [0.3, 0.4) is 0 Å². The monoisotopic (exact) mass is 1100 g/mol. The average Bonchev–Trinajstić information content (AvgIpc) is 3.48. The molecule has 78 heavy (non-hydrogen) atoms. The Morgan fingerprint density at radius 1 is 0.705 bits per heavy atom. The molecule has 1 amide bonds. The number of carbonyl (C=O) groups excluding carboxylic acids is 9. The van der Waals surface area contributed by atoms with E-state index in [1.54, 1.807) is 0 Å². The first kappa shape index (κ1) is 61.6. The van der Waals surface area contributed by atoms with E-state index in [1.165, 1.54) is 0 Å². The van der Waals surface area contributed by atoms with E-state index in [-0.39, 0.29) is 26.2 Å². The van der Waals surface area contributed by atoms with Gasteiger partial charge in [-0.1, -0.05) is 59.7 Å². The molecular formula is C51H64N4O23. The van der Waals surface area contributed by atoms with E-state index >= 15 is 0 Å². The molecule has 0 unspecified atom stereocenters. The Balaban J connectivity index is 1.62. The fraction of sp³-hybridized carbons (Fsp3) is 0.588. The molecule has 2 aromatic rings. The predicted molar refractivity (Wildman–Crippen MR) is 260 cm³/mol. The molecule has 5 rings (SSSR count). The highest BCUT2D eigenvalue weighted by Crippen LogP contribution is 2.42. The molecule has 3 fully saturated rings. The molecule has 3 aliphatic rings. The summed E-state index contributed by atoms with van der Waals surface area (Å²) in [7, 11) is 0.897. The number of nitrogens with zero attached hydrogens (tertiary/aromatic N) is 3. The lowest BCUT2D eigenvalue weighted by Crippen LogP contribution is -2.72. The van der Waals surface area contributed by atoms with Crippen LogP contribution in [0, 0.1) is 0 Å². The summed E-state index contributed by atoms with van der Waals surface area (Å²) in [5.41, 5.74) is 12.1. The summed E-state index contributed by atoms with van der Waals surface area (Å²) < 4.78 is 83.0. The van der Waals surface area contributed by atoms with Crippen LogP contribution in [0.4, 0.5) is 0 Å². The lowest BCUT2D eigenvalue weighted by atomic mass is 9.87. The molecule has 0 bridgehead atoms. The molecule has 27 nitrogen and oxygen atoms in total. The molecule has 0 radical (unpaired) electrons. The number of ether oxygens (including phenoxy) is 14. The number of azide groups is 1. The minimum absolute atomic E-state index is 0.00205. The molecule has 0 aliphatic carbocycles. The molecule has 3 heterocycles. The number of rotatable bonds is 23. The van der Waals surface area contributed by atoms with Gasteiger partial charge < -0.3 is 71.6 Å². The van der Waals surface area contributed by atoms with Gasteiger partial charge >= 0.3 is 47.8 Å². The van der Waals surface area contributed by atoms with Crippen LogP contribution < -0.4 is 5.32 Å². The van der Waals surface area contributed by atoms with Crippen molar-refractivity contribution in [1.29, 1.82) is 0 Å². The van der Waals surface area contributed by atoms with E-state index in [4.69, 9.17) is 66.3 Å². The number of carbonyl (C=O) groups is 9. The molecule has 1 N–H and O–H groups in total. The highest BCUT2D eigenvalue weighted by atomic mass is 16.8. The third-order valence-corrected chi connectivity index (χ3v) is 12.0. The largest absolute Gasteiger partial charge is 0.465 e. The third kappa shape index (κ3) is 17.4. The lowest BCUT2D eigenvalue weighted by Gasteiger charge is -2.52. The van der Waals surface area contributed by atoms with Gasteiger partial charge in [0.05, 0.1) is 39.3 Å². The first-order valence-electron chi connectivity index (χ1n) is 24.6. The van der Waals surface area contributed by atoms with Crippen molar-refractivity contribution < 1.29 is 109 Å². The quantitative estimate of drug-likeness (QED) is 0.0549. The van der Waals surface area contributed by atoms with Crippen LogP contribution in [0.25, 0.3) is 21.6 Å². The summed E-state index contributed by atoms with van der Waals surface area (Å²) in [5, 5.41) is 6.02. The standard InChI is InChI=1S/C51H64N4O23/c1-26(56)54-42-38(69-28(3)58)21-51(50(64)65-9,77-46(42)44(72-31(6)61)39(22-53-55-52)70-29(4)59)78-47-45(73-32(7)62)41(25-68-27(2)57)76-49(48(47)74-33(8)63)75-37-19-20-67-40(43(37)71-30(5)60)24-66-23-34-15-17-36(18-16-34)35-13-11-10-12-14-35/h10-18,37-49H,19-25H2,1-9H3,(H,54,56)/t37-,38+,39-,40-,41-,42-,43-,44-,45+,46-,47+,48-,49-,51+/m1/s1. The number of nitrogens with one attached hydrogen (secondary N) is 1. The second-order valence-corrected chi connectivity index (χ2v) is 18.1. The summed E-state index contributed by atoms with van der Waals surface area (Å²) in [6.07, 6.45) is -21.2. The maximum atomic E-state index is 14.6. The normalized spacial score (nSPS) is 27.4. The molecule has 0 saturated carbocycles. The Hall–Kier alpha value is -7.26. The summed E-state index contributed by atoms with van der Waals surface area (Å²) >= 11 is 0. The van der Waals surface area contributed by atoms with Gasteiger partial charge in [0.2, 0.25) is 5.91 Å². The summed E-state index contributed by atoms with van der Waals surface area (Å²) in [5.74, 6) is -11.9. The van der Waals surface area contributed by atoms with Crippen molar-refractivity contribution in [3.63, 3.8) is 0 Å². The van der Waals surface area contributed by atoms with E-state index in [2.05, 4.69) is 15.3 Å². The van der Waals surface area contributed by atoms with Gasteiger partial charge in [0.25, 0.3) is 5.79 Å². The van der Waals surface area contributed by atoms with Crippen LogP contribution in [-0.2, 0) is 116 Å². The van der Waals surface area contributed by atoms with Gasteiger partial charge in [-0.2, -0.15) is 0 Å². The minimum Gasteiger partial charge on any atom is -0.465 e. The highest BCUT2D eigenvalue weighted by Gasteiger charge is 2.63. The van der Waals surface area contributed by atoms with Gasteiger partial charge in [0.1, 0.15) is 49.3 Å². The van der Waals surface area contributed by atoms with E-state index in [9.17, 15) is 48.7 Å². The summed E-state index contributed by atoms with van der Waals surface area (Å²) in [6.45, 7) is 6.66. The Morgan fingerprint density at radius 2 is 1.32 bits per heavy atom. The number of benzene rings is 2. The lowest BCUT2D eigenvalue weighted by molar-refractivity contribution is -0.377. The summed E-state index contributed by atoms with van der Waals surface area (Å²) in [4.78, 5) is 120. The average molecular weight is 1100 g/mol. The smallest absolute Gasteiger partial charge is 0.366 e. The van der Waals surface area contributed by atoms with E-state index in [0.717, 1.165) is 79.2 Å². The fourth-order valence-corrected chi connectivity index (χ4v) is 9.13. The molecular weight excluding hydrogens is 1040 g/mol. The fourth-order valence-electron chi connectivity index (χ4n) is 9.13. The Labute approximate surface area is 447 Å². The van der Waals surface area contributed by atoms with Crippen molar-refractivity contribution in [3.8, 4) is 11.1 Å². The molecule has 3 aliphatic heterocycles. The van der Waals surface area contributed by atoms with E-state index in [0.29, 0.717) is 0 Å². The summed E-state index contributed by atoms with van der Waals surface area (Å²) in [6, 6.07) is 15.8. The number of amides is 1. The van der Waals surface area contributed by atoms with Crippen molar-refractivity contribution in [2.24, 2.45) is 5.11 Å². The predicted octanol–water partition coefficient (Wildman–Crippen LogP) is 2.78. The molecule has 0 aromatic heterocycles. The topological polar surface area (TPSA) is 344 Å². The zero-order chi connectivity index (χ0) is 57.3. The van der Waals surface area contributed by atoms with Gasteiger partial charge in [-0.05, 0) is 22.2 Å². The first-order chi connectivity index (χ1) is 37.0. The van der Waals surface area contributed by atoms with Gasteiger partial charge in [-0.15, -0.1) is 0 Å². The minimum atomic E-state index is -3.01. The van der Waals surface area contributed by atoms with Gasteiger partial charge in [0, 0.05) is 73.3 Å². The van der Waals surface area contributed by atoms with Crippen LogP contribution in [-0.4, -0.2) is 172 Å². The molecule has 0 spiro atoms. The maximum absolute atomic E-state index is 14.6. The second kappa shape index (κ2) is 28.9. The molecule has 2 aromatic carbocycles. The van der Waals surface area contributed by atoms with Crippen molar-refractivity contribution in [2.45, 2.75) is 160 Å². The Bertz CT molecular complexity index is 2490. The zero-order valence-corrected chi connectivity index (χ0v) is 44.4. The highest BCUT2D eigenvalue weighted by molar-refractivity contribution is 5.79. The number of hydrogen-bond acceptors (Lipinski definition) is 24. The second-order valence-electron chi connectivity index (χ2n) is 18.1. The number of hydrogen-bond donors (Lipinski definition) is 1. The molecule has 27 heteroatoms. The van der Waals surface area contributed by atoms with Crippen LogP contribution >= 0.6 is 0 Å². The Kier molecular flexibility index (Phi) is 22.8.